The third-order valence-electron chi connectivity index (χ3n) is 8.95. The normalized spacial score (nSPS) is 10.3. The minimum Gasteiger partial charge on any atom is -0.481 e. The molecule has 0 spiro atoms. The highest BCUT2D eigenvalue weighted by Crippen LogP contribution is 2.29. The molecule has 0 radical (unpaired) electrons. The van der Waals surface area contributed by atoms with Gasteiger partial charge in [0.25, 0.3) is 0 Å². The maximum atomic E-state index is 13.7. The first-order valence-corrected chi connectivity index (χ1v) is 18.8. The largest absolute Gasteiger partial charge is 0.481 e. The zero-order valence-corrected chi connectivity index (χ0v) is 33.0. The molecule has 6 aromatic rings. The lowest BCUT2D eigenvalue weighted by molar-refractivity contribution is -0.137. The van der Waals surface area contributed by atoms with Crippen molar-refractivity contribution in [3.8, 4) is 0 Å². The molecule has 0 bridgehead atoms. The lowest BCUT2D eigenvalue weighted by atomic mass is 9.96. The molecular weight excluding hydrogens is 789 g/mol. The van der Waals surface area contributed by atoms with Crippen molar-refractivity contribution in [1.82, 2.24) is 0 Å². The van der Waals surface area contributed by atoms with Gasteiger partial charge in [-0.1, -0.05) is 140 Å². The average molecular weight is 833 g/mol. The van der Waals surface area contributed by atoms with Gasteiger partial charge in [0, 0.05) is 45.5 Å². The Balaban J connectivity index is 0.000000228. The third kappa shape index (κ3) is 13.8. The maximum Gasteiger partial charge on any atom is 0.307 e. The van der Waals surface area contributed by atoms with Crippen LogP contribution in [0.5, 0.6) is 0 Å². The maximum absolute atomic E-state index is 13.7. The summed E-state index contributed by atoms with van der Waals surface area (Å²) in [6.45, 7) is 4.04. The minimum atomic E-state index is -0.971. The molecular formula is C47H44Cl3F3O4. The van der Waals surface area contributed by atoms with Crippen molar-refractivity contribution in [1.29, 1.82) is 0 Å². The number of benzene rings is 6. The van der Waals surface area contributed by atoms with Crippen LogP contribution in [0.2, 0.25) is 15.1 Å². The van der Waals surface area contributed by atoms with Gasteiger partial charge in [-0.25, -0.2) is 13.2 Å². The summed E-state index contributed by atoms with van der Waals surface area (Å²) in [5, 5.41) is 19.5. The van der Waals surface area contributed by atoms with Crippen LogP contribution in [0.15, 0.2) is 121 Å². The number of aryl methyl sites for hydroxylation is 2. The predicted molar refractivity (Wildman–Crippen MR) is 225 cm³/mol. The lowest BCUT2D eigenvalue weighted by Gasteiger charge is -2.11. The summed E-state index contributed by atoms with van der Waals surface area (Å²) in [7, 11) is 0. The highest BCUT2D eigenvalue weighted by Gasteiger charge is 2.14. The fraction of sp³-hybridized carbons (Fsp3) is 0.191. The van der Waals surface area contributed by atoms with Crippen LogP contribution in [-0.4, -0.2) is 22.2 Å². The predicted octanol–water partition coefficient (Wildman–Crippen LogP) is 13.0. The Morgan fingerprint density at radius 2 is 0.877 bits per heavy atom. The fourth-order valence-corrected chi connectivity index (χ4v) is 6.83. The van der Waals surface area contributed by atoms with Crippen molar-refractivity contribution < 1.29 is 33.0 Å². The van der Waals surface area contributed by atoms with Crippen LogP contribution in [-0.2, 0) is 48.1 Å². The van der Waals surface area contributed by atoms with Gasteiger partial charge in [-0.15, -0.1) is 0 Å². The molecule has 0 saturated heterocycles. The second-order valence-corrected chi connectivity index (χ2v) is 14.2. The Bertz CT molecular complexity index is 2230. The van der Waals surface area contributed by atoms with E-state index in [1.165, 1.54) is 29.8 Å². The number of aliphatic carboxylic acids is 2. The van der Waals surface area contributed by atoms with Crippen LogP contribution in [0.4, 0.5) is 13.2 Å². The molecule has 0 unspecified atom stereocenters. The van der Waals surface area contributed by atoms with Gasteiger partial charge in [-0.2, -0.15) is 0 Å². The molecule has 0 aliphatic carbocycles. The molecule has 2 N–H and O–H groups in total. The number of carbonyl (C=O) groups is 2. The second-order valence-electron chi connectivity index (χ2n) is 12.9. The summed E-state index contributed by atoms with van der Waals surface area (Å²) >= 11 is 18.4. The van der Waals surface area contributed by atoms with Crippen LogP contribution in [0.25, 0.3) is 0 Å². The number of rotatable bonds is 11. The van der Waals surface area contributed by atoms with Crippen molar-refractivity contribution in [2.45, 2.75) is 59.8 Å². The minimum absolute atomic E-state index is 0. The van der Waals surface area contributed by atoms with Crippen molar-refractivity contribution >= 4 is 46.7 Å². The van der Waals surface area contributed by atoms with E-state index in [0.717, 1.165) is 34.2 Å². The van der Waals surface area contributed by atoms with Gasteiger partial charge in [0.2, 0.25) is 0 Å². The number of carboxylic acid groups (broad SMARTS) is 2. The van der Waals surface area contributed by atoms with E-state index in [2.05, 4.69) is 13.0 Å². The summed E-state index contributed by atoms with van der Waals surface area (Å²) in [5.41, 5.74) is 7.71. The first-order valence-electron chi connectivity index (χ1n) is 17.7. The molecule has 0 aliphatic rings. The first-order chi connectivity index (χ1) is 26.8. The van der Waals surface area contributed by atoms with E-state index < -0.39 is 23.6 Å². The Hall–Kier alpha value is -5.08. The molecule has 4 nitrogen and oxygen atoms in total. The Labute approximate surface area is 347 Å². The van der Waals surface area contributed by atoms with Crippen molar-refractivity contribution in [3.63, 3.8) is 0 Å². The molecule has 0 aromatic heterocycles. The van der Waals surface area contributed by atoms with Gasteiger partial charge in [-0.3, -0.25) is 9.59 Å². The number of halogens is 6. The highest BCUT2D eigenvalue weighted by atomic mass is 35.5. The highest BCUT2D eigenvalue weighted by molar-refractivity contribution is 6.36. The van der Waals surface area contributed by atoms with Crippen LogP contribution in [0.1, 0.15) is 70.0 Å². The van der Waals surface area contributed by atoms with Gasteiger partial charge in [0.1, 0.15) is 17.5 Å². The molecule has 0 fully saturated rings. The van der Waals surface area contributed by atoms with E-state index in [9.17, 15) is 22.8 Å². The molecule has 0 saturated carbocycles. The quantitative estimate of drug-likeness (QED) is 0.136. The van der Waals surface area contributed by atoms with Crippen LogP contribution in [0.3, 0.4) is 0 Å². The number of hydrogen-bond acceptors (Lipinski definition) is 2. The van der Waals surface area contributed by atoms with Gasteiger partial charge in [0.15, 0.2) is 0 Å². The van der Waals surface area contributed by atoms with Gasteiger partial charge in [-0.05, 0) is 88.7 Å². The van der Waals surface area contributed by atoms with E-state index in [1.807, 2.05) is 43.3 Å². The molecule has 57 heavy (non-hydrogen) atoms. The van der Waals surface area contributed by atoms with E-state index >= 15 is 0 Å². The molecule has 298 valence electrons. The summed E-state index contributed by atoms with van der Waals surface area (Å²) in [6.07, 6.45) is 1.91. The topological polar surface area (TPSA) is 74.6 Å². The lowest BCUT2D eigenvalue weighted by Crippen LogP contribution is -2.05. The number of carboxylic acids is 2. The molecule has 0 amide bonds. The van der Waals surface area contributed by atoms with Crippen molar-refractivity contribution in [3.05, 3.63) is 209 Å². The Morgan fingerprint density at radius 3 is 1.40 bits per heavy atom. The molecule has 6 aromatic carbocycles. The molecule has 0 heterocycles. The van der Waals surface area contributed by atoms with Gasteiger partial charge < -0.3 is 10.2 Å². The summed E-state index contributed by atoms with van der Waals surface area (Å²) in [5.74, 6) is -3.29. The fourth-order valence-electron chi connectivity index (χ4n) is 6.07. The SMILES string of the molecule is C.CCc1ccccc1Cc1c([18F])cccc1Cl.Cc1ccc(Cc2c(Cl)cccc2Cl)c(CC(=O)O)c1.O=C(O)Cc1ccccc1Cc1c([18F])cccc1[18F]. The van der Waals surface area contributed by atoms with Gasteiger partial charge >= 0.3 is 11.9 Å². The first kappa shape index (κ1) is 46.3. The van der Waals surface area contributed by atoms with Crippen molar-refractivity contribution in [2.75, 3.05) is 0 Å². The molecule has 0 atom stereocenters. The number of hydrogen-bond donors (Lipinski definition) is 2. The molecule has 6 rings (SSSR count). The summed E-state index contributed by atoms with van der Waals surface area (Å²) in [6, 6.07) is 34.5. The average Bonchev–Trinajstić information content (AvgIpc) is 3.15. The summed E-state index contributed by atoms with van der Waals surface area (Å²) in [4.78, 5) is 21.7. The van der Waals surface area contributed by atoms with E-state index in [4.69, 9.17) is 45.0 Å². The smallest absolute Gasteiger partial charge is 0.307 e. The summed E-state index contributed by atoms with van der Waals surface area (Å²) < 4.78 is 40.8. The second kappa shape index (κ2) is 22.6. The van der Waals surface area contributed by atoms with Gasteiger partial charge in [0.05, 0.1) is 12.8 Å². The zero-order valence-electron chi connectivity index (χ0n) is 30.8. The van der Waals surface area contributed by atoms with E-state index in [-0.39, 0.29) is 38.1 Å². The molecule has 0 aliphatic heterocycles. The van der Waals surface area contributed by atoms with Crippen LogP contribution < -0.4 is 0 Å². The van der Waals surface area contributed by atoms with E-state index in [0.29, 0.717) is 44.6 Å². The Morgan fingerprint density at radius 1 is 0.491 bits per heavy atom. The zero-order chi connectivity index (χ0) is 40.8. The van der Waals surface area contributed by atoms with E-state index in [1.54, 1.807) is 54.6 Å². The monoisotopic (exact) mass is 831 g/mol. The standard InChI is InChI=1S/C16H14Cl2O2.C15H14ClF.C15H12F2O2.CH4/c1-10-5-6-11(12(7-10)9-16(19)20)8-13-14(17)3-2-4-15(13)18;1-2-11-6-3-4-7-12(11)10-13-14(16)8-5-9-15(13)17;16-13-6-3-7-14(17)12(13)8-10-4-1-2-5-11(10)9-15(18)19;/h2-7H,8-9H2,1H3,(H,19,20);3-9H,2,10H2,1H3;1-7H,8-9H2,(H,18,19);1H4/i;17-1;16-1,17-1;. The van der Waals surface area contributed by atoms with Crippen LogP contribution in [0, 0.1) is 24.4 Å². The molecule has 10 heteroatoms. The van der Waals surface area contributed by atoms with Crippen LogP contribution >= 0.6 is 34.8 Å². The van der Waals surface area contributed by atoms with Crippen molar-refractivity contribution in [2.24, 2.45) is 0 Å². The third-order valence-corrected chi connectivity index (χ3v) is 10.0. The Kier molecular flexibility index (Phi) is 18.4.